The van der Waals surface area contributed by atoms with E-state index in [4.69, 9.17) is 9.47 Å². The summed E-state index contributed by atoms with van der Waals surface area (Å²) in [6.45, 7) is 6.54. The first-order chi connectivity index (χ1) is 14.5. The van der Waals surface area contributed by atoms with Crippen molar-refractivity contribution in [1.29, 1.82) is 0 Å². The van der Waals surface area contributed by atoms with Crippen molar-refractivity contribution >= 4 is 17.7 Å². The van der Waals surface area contributed by atoms with E-state index in [1.54, 1.807) is 7.11 Å². The summed E-state index contributed by atoms with van der Waals surface area (Å²) in [6, 6.07) is -0.718. The van der Waals surface area contributed by atoms with Crippen molar-refractivity contribution in [3.05, 3.63) is 0 Å². The Morgan fingerprint density at radius 3 is 2.20 bits per heavy atom. The second-order valence-electron chi connectivity index (χ2n) is 7.42. The molecule has 0 aromatic heterocycles. The molecule has 0 aliphatic heterocycles. The Hall–Kier alpha value is -1.67. The predicted octanol–water partition coefficient (Wildman–Crippen LogP) is 2.31. The largest absolute Gasteiger partial charge is 0.382 e. The van der Waals surface area contributed by atoms with Gasteiger partial charge in [-0.2, -0.15) is 0 Å². The molecule has 3 N–H and O–H groups in total. The molecule has 0 unspecified atom stereocenters. The predicted molar refractivity (Wildman–Crippen MR) is 118 cm³/mol. The van der Waals surface area contributed by atoms with Crippen molar-refractivity contribution in [2.75, 3.05) is 40.0 Å². The Balaban J connectivity index is 4.43. The fraction of sp³-hybridized carbons (Fsp3) is 0.864. The van der Waals surface area contributed by atoms with Crippen molar-refractivity contribution in [2.24, 2.45) is 0 Å². The minimum Gasteiger partial charge on any atom is -0.382 e. The summed E-state index contributed by atoms with van der Waals surface area (Å²) >= 11 is 0. The molecule has 3 amide bonds. The van der Waals surface area contributed by atoms with Gasteiger partial charge in [-0.1, -0.05) is 46.0 Å². The molecule has 0 saturated heterocycles. The van der Waals surface area contributed by atoms with Gasteiger partial charge in [0, 0.05) is 33.0 Å². The maximum absolute atomic E-state index is 12.5. The number of carbonyl (C=O) groups excluding carboxylic acids is 3. The third-order valence-corrected chi connectivity index (χ3v) is 4.65. The lowest BCUT2D eigenvalue weighted by Crippen LogP contribution is -2.48. The summed E-state index contributed by atoms with van der Waals surface area (Å²) in [5.74, 6) is -0.527. The SMILES string of the molecule is CCCCCCC(=O)N[C@@H](CCC(=O)NCCCCC)C(=O)NCCOCCOC. The maximum Gasteiger partial charge on any atom is 0.242 e. The molecular weight excluding hydrogens is 386 g/mol. The lowest BCUT2D eigenvalue weighted by Gasteiger charge is -2.18. The minimum atomic E-state index is -0.718. The maximum atomic E-state index is 12.5. The van der Waals surface area contributed by atoms with E-state index >= 15 is 0 Å². The molecule has 0 aromatic rings. The minimum absolute atomic E-state index is 0.0935. The quantitative estimate of drug-likeness (QED) is 0.258. The number of amides is 3. The van der Waals surface area contributed by atoms with Gasteiger partial charge in [-0.05, 0) is 19.3 Å². The van der Waals surface area contributed by atoms with Crippen LogP contribution in [0.2, 0.25) is 0 Å². The second-order valence-corrected chi connectivity index (χ2v) is 7.42. The summed E-state index contributed by atoms with van der Waals surface area (Å²) < 4.78 is 10.2. The average Bonchev–Trinajstić information content (AvgIpc) is 2.74. The summed E-state index contributed by atoms with van der Waals surface area (Å²) in [4.78, 5) is 36.8. The summed E-state index contributed by atoms with van der Waals surface area (Å²) in [5, 5.41) is 8.44. The van der Waals surface area contributed by atoms with Gasteiger partial charge in [-0.15, -0.1) is 0 Å². The molecule has 0 radical (unpaired) electrons. The number of hydrogen-bond acceptors (Lipinski definition) is 5. The summed E-state index contributed by atoms with van der Waals surface area (Å²) in [7, 11) is 1.60. The highest BCUT2D eigenvalue weighted by molar-refractivity contribution is 5.88. The van der Waals surface area contributed by atoms with Crippen molar-refractivity contribution in [1.82, 2.24) is 16.0 Å². The molecule has 0 fully saturated rings. The highest BCUT2D eigenvalue weighted by Crippen LogP contribution is 2.04. The summed E-state index contributed by atoms with van der Waals surface area (Å²) in [6.07, 6.45) is 7.99. The normalized spacial score (nSPS) is 11.7. The van der Waals surface area contributed by atoms with Crippen LogP contribution >= 0.6 is 0 Å². The van der Waals surface area contributed by atoms with Gasteiger partial charge in [-0.25, -0.2) is 0 Å². The van der Waals surface area contributed by atoms with E-state index in [-0.39, 0.29) is 30.6 Å². The van der Waals surface area contributed by atoms with Gasteiger partial charge in [0.2, 0.25) is 17.7 Å². The van der Waals surface area contributed by atoms with Crippen LogP contribution in [0.3, 0.4) is 0 Å². The standard InChI is InChI=1S/C22H43N3O5/c1-4-6-8-9-11-21(27)25-19(12-13-20(26)23-14-10-7-5-2)22(28)24-15-16-30-18-17-29-3/h19H,4-18H2,1-3H3,(H,23,26)(H,24,28)(H,25,27)/t19-/m0/s1. The number of rotatable bonds is 20. The van der Waals surface area contributed by atoms with E-state index in [9.17, 15) is 14.4 Å². The van der Waals surface area contributed by atoms with Crippen LogP contribution in [0, 0.1) is 0 Å². The Kier molecular flexibility index (Phi) is 19.5. The number of hydrogen-bond donors (Lipinski definition) is 3. The summed E-state index contributed by atoms with van der Waals surface area (Å²) in [5.41, 5.74) is 0. The fourth-order valence-corrected chi connectivity index (χ4v) is 2.83. The smallest absolute Gasteiger partial charge is 0.242 e. The molecule has 0 saturated carbocycles. The molecule has 0 aromatic carbocycles. The first-order valence-electron chi connectivity index (χ1n) is 11.5. The molecule has 0 rings (SSSR count). The van der Waals surface area contributed by atoms with Crippen LogP contribution in [-0.4, -0.2) is 63.8 Å². The molecule has 0 bridgehead atoms. The highest BCUT2D eigenvalue weighted by atomic mass is 16.5. The molecule has 0 aliphatic rings. The Morgan fingerprint density at radius 2 is 1.50 bits per heavy atom. The number of methoxy groups -OCH3 is 1. The Morgan fingerprint density at radius 1 is 0.767 bits per heavy atom. The first kappa shape index (κ1) is 28.3. The van der Waals surface area contributed by atoms with Gasteiger partial charge in [0.25, 0.3) is 0 Å². The zero-order valence-electron chi connectivity index (χ0n) is 19.2. The number of carbonyl (C=O) groups is 3. The first-order valence-corrected chi connectivity index (χ1v) is 11.5. The molecule has 0 heterocycles. The molecule has 0 aliphatic carbocycles. The molecule has 176 valence electrons. The van der Waals surface area contributed by atoms with Gasteiger partial charge in [-0.3, -0.25) is 14.4 Å². The zero-order chi connectivity index (χ0) is 22.5. The van der Waals surface area contributed by atoms with E-state index in [0.717, 1.165) is 44.9 Å². The van der Waals surface area contributed by atoms with Crippen LogP contribution in [0.25, 0.3) is 0 Å². The average molecular weight is 430 g/mol. The third-order valence-electron chi connectivity index (χ3n) is 4.65. The monoisotopic (exact) mass is 429 g/mol. The molecule has 30 heavy (non-hydrogen) atoms. The molecule has 1 atom stereocenters. The zero-order valence-corrected chi connectivity index (χ0v) is 19.2. The van der Waals surface area contributed by atoms with Crippen LogP contribution in [-0.2, 0) is 23.9 Å². The van der Waals surface area contributed by atoms with Crippen molar-refractivity contribution in [3.63, 3.8) is 0 Å². The van der Waals surface area contributed by atoms with Crippen LogP contribution in [0.4, 0.5) is 0 Å². The second kappa shape index (κ2) is 20.6. The lowest BCUT2D eigenvalue weighted by molar-refractivity contribution is -0.130. The van der Waals surface area contributed by atoms with E-state index in [2.05, 4.69) is 29.8 Å². The lowest BCUT2D eigenvalue weighted by atomic mass is 10.1. The Labute approximate surface area is 182 Å². The van der Waals surface area contributed by atoms with Crippen molar-refractivity contribution < 1.29 is 23.9 Å². The van der Waals surface area contributed by atoms with E-state index < -0.39 is 6.04 Å². The molecule has 8 nitrogen and oxygen atoms in total. The molecule has 0 spiro atoms. The van der Waals surface area contributed by atoms with Crippen LogP contribution < -0.4 is 16.0 Å². The van der Waals surface area contributed by atoms with Crippen molar-refractivity contribution in [3.8, 4) is 0 Å². The molecular formula is C22H43N3O5. The van der Waals surface area contributed by atoms with Crippen LogP contribution in [0.5, 0.6) is 0 Å². The number of nitrogens with one attached hydrogen (secondary N) is 3. The highest BCUT2D eigenvalue weighted by Gasteiger charge is 2.21. The van der Waals surface area contributed by atoms with Gasteiger partial charge < -0.3 is 25.4 Å². The number of ether oxygens (including phenoxy) is 2. The topological polar surface area (TPSA) is 106 Å². The Bertz CT molecular complexity index is 460. The third kappa shape index (κ3) is 17.2. The van der Waals surface area contributed by atoms with Gasteiger partial charge in [0.15, 0.2) is 0 Å². The van der Waals surface area contributed by atoms with E-state index in [0.29, 0.717) is 39.3 Å². The van der Waals surface area contributed by atoms with E-state index in [1.807, 2.05) is 0 Å². The van der Waals surface area contributed by atoms with Crippen LogP contribution in [0.15, 0.2) is 0 Å². The number of unbranched alkanes of at least 4 members (excludes halogenated alkanes) is 5. The van der Waals surface area contributed by atoms with Crippen molar-refractivity contribution in [2.45, 2.75) is 84.1 Å². The molecule has 8 heteroatoms. The van der Waals surface area contributed by atoms with Gasteiger partial charge in [0.1, 0.15) is 6.04 Å². The van der Waals surface area contributed by atoms with Crippen LogP contribution in [0.1, 0.15) is 78.1 Å². The van der Waals surface area contributed by atoms with E-state index in [1.165, 1.54) is 0 Å². The van der Waals surface area contributed by atoms with Gasteiger partial charge in [0.05, 0.1) is 19.8 Å². The fourth-order valence-electron chi connectivity index (χ4n) is 2.83. The van der Waals surface area contributed by atoms with Gasteiger partial charge >= 0.3 is 0 Å².